The van der Waals surface area contributed by atoms with Gasteiger partial charge < -0.3 is 4.89 Å². The molecule has 0 aliphatic rings. The Balaban J connectivity index is 3.31. The molecule has 0 aliphatic carbocycles. The molecule has 0 aromatic carbocycles. The van der Waals surface area contributed by atoms with E-state index >= 15 is 0 Å². The van der Waals surface area contributed by atoms with Crippen LogP contribution >= 0.6 is 27.4 Å². The molecule has 0 saturated carbocycles. The van der Waals surface area contributed by atoms with Crippen LogP contribution in [0.25, 0.3) is 0 Å². The lowest BCUT2D eigenvalue weighted by Crippen LogP contribution is -1.85. The van der Waals surface area contributed by atoms with Crippen LogP contribution in [0, 0.1) is 0 Å². The van der Waals surface area contributed by atoms with Gasteiger partial charge in [-0.1, -0.05) is 152 Å². The van der Waals surface area contributed by atoms with Gasteiger partial charge in [0.05, 0.1) is 0 Å². The molecule has 0 heterocycles. The van der Waals surface area contributed by atoms with Gasteiger partial charge in [-0.25, -0.2) is 0 Å². The highest BCUT2D eigenvalue weighted by atomic mass is 33.2. The third-order valence-corrected chi connectivity index (χ3v) is 13.9. The lowest BCUT2D eigenvalue weighted by Gasteiger charge is -2.13. The fraction of sp³-hybridized carbons (Fsp3) is 1.00. The van der Waals surface area contributed by atoms with Crippen molar-refractivity contribution < 1.29 is 4.89 Å². The predicted octanol–water partition coefficient (Wildman–Crippen LogP) is 10.5. The first-order valence-corrected chi connectivity index (χ1v) is 18.7. The molecule has 0 rings (SSSR count). The quantitative estimate of drug-likeness (QED) is 0.109. The third-order valence-electron chi connectivity index (χ3n) is 5.50. The van der Waals surface area contributed by atoms with Gasteiger partial charge in [0, 0.05) is 11.5 Å². The van der Waals surface area contributed by atoms with E-state index in [9.17, 15) is 4.89 Å². The summed E-state index contributed by atoms with van der Waals surface area (Å²) in [4.78, 5) is 10.5. The molecule has 0 fully saturated rings. The summed E-state index contributed by atoms with van der Waals surface area (Å²) in [5, 5.41) is 0. The van der Waals surface area contributed by atoms with Crippen molar-refractivity contribution in [1.29, 1.82) is 0 Å². The van der Waals surface area contributed by atoms with E-state index in [2.05, 4.69) is 13.8 Å². The van der Waals surface area contributed by atoms with Crippen molar-refractivity contribution in [1.82, 2.24) is 0 Å². The van der Waals surface area contributed by atoms with Crippen molar-refractivity contribution in [3.05, 3.63) is 0 Å². The summed E-state index contributed by atoms with van der Waals surface area (Å²) >= 11 is 8.84. The highest BCUT2D eigenvalue weighted by molar-refractivity contribution is 8.98. The van der Waals surface area contributed by atoms with Crippen LogP contribution in [-0.2, 0) is 11.8 Å². The van der Waals surface area contributed by atoms with Crippen molar-refractivity contribution in [3.63, 3.8) is 0 Å². The zero-order valence-electron chi connectivity index (χ0n) is 19.7. The smallest absolute Gasteiger partial charge is 0.172 e. The van der Waals surface area contributed by atoms with E-state index < -0.39 is 4.67 Å². The third kappa shape index (κ3) is 25.4. The van der Waals surface area contributed by atoms with E-state index in [4.69, 9.17) is 11.8 Å². The van der Waals surface area contributed by atoms with E-state index in [1.165, 1.54) is 128 Å². The Morgan fingerprint density at radius 3 is 1.00 bits per heavy atom. The van der Waals surface area contributed by atoms with Crippen molar-refractivity contribution in [3.8, 4) is 0 Å². The Hall–Kier alpha value is 1.31. The SMILES string of the molecule is CCCCCCCCCCCCSP(O)(=S)SCCCCCCCCCCCC. The van der Waals surface area contributed by atoms with Crippen LogP contribution in [0.2, 0.25) is 0 Å². The fourth-order valence-electron chi connectivity index (χ4n) is 3.58. The van der Waals surface area contributed by atoms with Crippen LogP contribution < -0.4 is 0 Å². The normalized spacial score (nSPS) is 12.0. The molecule has 1 nitrogen and oxygen atoms in total. The molecule has 0 aromatic rings. The second-order valence-corrected chi connectivity index (χ2v) is 19.2. The summed E-state index contributed by atoms with van der Waals surface area (Å²) in [6.07, 6.45) is 27.4. The Labute approximate surface area is 197 Å². The van der Waals surface area contributed by atoms with Gasteiger partial charge >= 0.3 is 0 Å². The maximum atomic E-state index is 10.5. The van der Waals surface area contributed by atoms with E-state index in [-0.39, 0.29) is 0 Å². The molecule has 0 bridgehead atoms. The molecule has 0 amide bonds. The van der Waals surface area contributed by atoms with Gasteiger partial charge in [-0.15, -0.1) is 0 Å². The Bertz CT molecular complexity index is 336. The lowest BCUT2D eigenvalue weighted by molar-refractivity contribution is 0.563. The van der Waals surface area contributed by atoms with E-state index in [1.54, 1.807) is 22.8 Å². The molecular formula is C24H51OPS3. The van der Waals surface area contributed by atoms with Crippen LogP contribution in [0.4, 0.5) is 0 Å². The highest BCUT2D eigenvalue weighted by Gasteiger charge is 2.13. The van der Waals surface area contributed by atoms with Gasteiger partial charge in [-0.05, 0) is 24.6 Å². The maximum Gasteiger partial charge on any atom is 0.172 e. The summed E-state index contributed by atoms with van der Waals surface area (Å²) in [6.45, 7) is 4.56. The maximum absolute atomic E-state index is 10.5. The second kappa shape index (κ2) is 24.0. The van der Waals surface area contributed by atoms with Crippen LogP contribution in [0.1, 0.15) is 142 Å². The molecule has 0 aliphatic heterocycles. The molecule has 5 heteroatoms. The number of rotatable bonds is 24. The number of hydrogen-bond donors (Lipinski definition) is 1. The Morgan fingerprint density at radius 1 is 0.483 bits per heavy atom. The number of unbranched alkanes of at least 4 members (excludes halogenated alkanes) is 18. The summed E-state index contributed by atoms with van der Waals surface area (Å²) in [5.74, 6) is 2.10. The monoisotopic (exact) mass is 482 g/mol. The minimum atomic E-state index is -2.18. The van der Waals surface area contributed by atoms with Crippen LogP contribution in [-0.4, -0.2) is 16.4 Å². The Kier molecular flexibility index (Phi) is 25.0. The van der Waals surface area contributed by atoms with Crippen molar-refractivity contribution >= 4 is 39.2 Å². The first kappa shape index (κ1) is 30.3. The minimum absolute atomic E-state index is 1.05. The average molecular weight is 483 g/mol. The standard InChI is InChI=1S/C24H51OPS3/c1-3-5-7-9-11-13-15-17-19-21-23-28-26(25,27)29-24-22-20-18-16-14-12-10-8-6-4-2/h3-24H2,1-2H3,(H,25,27). The van der Waals surface area contributed by atoms with Crippen LogP contribution in [0.5, 0.6) is 0 Å². The van der Waals surface area contributed by atoms with Crippen LogP contribution in [0.15, 0.2) is 0 Å². The van der Waals surface area contributed by atoms with E-state index in [1.807, 2.05) is 0 Å². The first-order valence-electron chi connectivity index (χ1n) is 12.7. The molecule has 0 spiro atoms. The molecule has 0 unspecified atom stereocenters. The van der Waals surface area contributed by atoms with Crippen molar-refractivity contribution in [2.45, 2.75) is 142 Å². The molecular weight excluding hydrogens is 431 g/mol. The summed E-state index contributed by atoms with van der Waals surface area (Å²) in [5.41, 5.74) is 0. The summed E-state index contributed by atoms with van der Waals surface area (Å²) in [7, 11) is 0. The molecule has 0 radical (unpaired) electrons. The predicted molar refractivity (Wildman–Crippen MR) is 145 cm³/mol. The van der Waals surface area contributed by atoms with Crippen molar-refractivity contribution in [2.75, 3.05) is 11.5 Å². The molecule has 1 N–H and O–H groups in total. The molecule has 29 heavy (non-hydrogen) atoms. The van der Waals surface area contributed by atoms with Crippen LogP contribution in [0.3, 0.4) is 0 Å². The minimum Gasteiger partial charge on any atom is -0.350 e. The fourth-order valence-corrected chi connectivity index (χ4v) is 10.5. The molecule has 0 atom stereocenters. The van der Waals surface area contributed by atoms with Gasteiger partial charge in [-0.2, -0.15) is 0 Å². The zero-order chi connectivity index (χ0) is 21.5. The van der Waals surface area contributed by atoms with Gasteiger partial charge in [-0.3, -0.25) is 0 Å². The zero-order valence-corrected chi connectivity index (χ0v) is 23.0. The van der Waals surface area contributed by atoms with E-state index in [0.29, 0.717) is 0 Å². The van der Waals surface area contributed by atoms with E-state index in [0.717, 1.165) is 11.5 Å². The summed E-state index contributed by atoms with van der Waals surface area (Å²) < 4.78 is -2.18. The lowest BCUT2D eigenvalue weighted by atomic mass is 10.1. The Morgan fingerprint density at radius 2 is 0.724 bits per heavy atom. The molecule has 0 aromatic heterocycles. The number of hydrogen-bond acceptors (Lipinski definition) is 3. The first-order chi connectivity index (χ1) is 14.1. The van der Waals surface area contributed by atoms with Crippen molar-refractivity contribution in [2.24, 2.45) is 0 Å². The van der Waals surface area contributed by atoms with Gasteiger partial charge in [0.2, 0.25) is 0 Å². The topological polar surface area (TPSA) is 20.2 Å². The summed E-state index contributed by atoms with van der Waals surface area (Å²) in [6, 6.07) is 0. The van der Waals surface area contributed by atoms with Gasteiger partial charge in [0.15, 0.2) is 4.67 Å². The molecule has 0 saturated heterocycles. The average Bonchev–Trinajstić information content (AvgIpc) is 2.70. The second-order valence-electron chi connectivity index (χ2n) is 8.50. The van der Waals surface area contributed by atoms with Gasteiger partial charge in [0.25, 0.3) is 0 Å². The highest BCUT2D eigenvalue weighted by Crippen LogP contribution is 2.66. The van der Waals surface area contributed by atoms with Gasteiger partial charge in [0.1, 0.15) is 0 Å². The molecule has 176 valence electrons. The largest absolute Gasteiger partial charge is 0.350 e.